The average Bonchev–Trinajstić information content (AvgIpc) is 3.56. The minimum atomic E-state index is -4.40. The SMILES string of the molecule is CC/C=C\C/C=C\C/C=C\C/C=C\C/C=C\C/C=C\C/C=C\CCCCCCCCCCCC(=O)OC(COC(=O)CCCCCCCCCCCCCCCCCC/C=C\C/C=C\C/C=C\CCCCCCC)COP(=O)(O)OCC[N+](C)(C)C. The smallest absolute Gasteiger partial charge is 0.462 e. The van der Waals surface area contributed by atoms with Crippen molar-refractivity contribution >= 4 is 19.8 Å². The molecule has 0 fully saturated rings. The second-order valence-electron chi connectivity index (χ2n) is 24.5. The first kappa shape index (κ1) is 82.4. The van der Waals surface area contributed by atoms with Crippen molar-refractivity contribution in [1.82, 2.24) is 0 Å². The lowest BCUT2D eigenvalue weighted by Gasteiger charge is -2.24. The molecule has 0 aliphatic rings. The summed E-state index contributed by atoms with van der Waals surface area (Å²) >= 11 is 0. The van der Waals surface area contributed by atoms with Crippen molar-refractivity contribution in [2.45, 2.75) is 302 Å². The van der Waals surface area contributed by atoms with Gasteiger partial charge in [-0.25, -0.2) is 4.57 Å². The predicted octanol–water partition coefficient (Wildman–Crippen LogP) is 23.0. The van der Waals surface area contributed by atoms with Crippen LogP contribution in [0.3, 0.4) is 0 Å². The lowest BCUT2D eigenvalue weighted by molar-refractivity contribution is -0.870. The van der Waals surface area contributed by atoms with Gasteiger partial charge in [-0.1, -0.05) is 296 Å². The Morgan fingerprint density at radius 2 is 0.663 bits per heavy atom. The van der Waals surface area contributed by atoms with E-state index in [-0.39, 0.29) is 32.0 Å². The molecule has 0 aliphatic carbocycles. The van der Waals surface area contributed by atoms with Gasteiger partial charge in [0.1, 0.15) is 19.8 Å². The lowest BCUT2D eigenvalue weighted by atomic mass is 10.0. The molecule has 2 unspecified atom stereocenters. The van der Waals surface area contributed by atoms with E-state index in [9.17, 15) is 19.0 Å². The third-order valence-electron chi connectivity index (χ3n) is 15.0. The van der Waals surface area contributed by atoms with E-state index in [4.69, 9.17) is 18.5 Å². The number of carbonyl (C=O) groups excluding carboxylic acids is 2. The maximum absolute atomic E-state index is 12.9. The number of ether oxygens (including phenoxy) is 2. The van der Waals surface area contributed by atoms with E-state index < -0.39 is 26.5 Å². The number of esters is 2. The number of rotatable bonds is 64. The zero-order valence-corrected chi connectivity index (χ0v) is 57.2. The van der Waals surface area contributed by atoms with E-state index >= 15 is 0 Å². The fourth-order valence-electron chi connectivity index (χ4n) is 9.59. The molecule has 2 atom stereocenters. The van der Waals surface area contributed by atoms with Crippen molar-refractivity contribution in [1.29, 1.82) is 0 Å². The normalized spacial score (nSPS) is 13.9. The van der Waals surface area contributed by atoms with Gasteiger partial charge in [-0.05, 0) is 109 Å². The van der Waals surface area contributed by atoms with Crippen molar-refractivity contribution in [2.24, 2.45) is 0 Å². The van der Waals surface area contributed by atoms with Gasteiger partial charge in [0, 0.05) is 12.8 Å². The average molecular weight is 1220 g/mol. The molecule has 86 heavy (non-hydrogen) atoms. The highest BCUT2D eigenvalue weighted by Crippen LogP contribution is 2.43. The fraction of sp³-hybridized carbons (Fsp3) is 0.711. The van der Waals surface area contributed by atoms with Crippen molar-refractivity contribution in [2.75, 3.05) is 47.5 Å². The van der Waals surface area contributed by atoms with Crippen molar-refractivity contribution in [3.05, 3.63) is 122 Å². The van der Waals surface area contributed by atoms with Crippen LogP contribution in [0.25, 0.3) is 0 Å². The van der Waals surface area contributed by atoms with E-state index in [0.29, 0.717) is 17.4 Å². The molecule has 0 aromatic heterocycles. The summed E-state index contributed by atoms with van der Waals surface area (Å²) in [7, 11) is 1.47. The summed E-state index contributed by atoms with van der Waals surface area (Å²) in [5, 5.41) is 0. The molecule has 0 saturated carbocycles. The van der Waals surface area contributed by atoms with Gasteiger partial charge >= 0.3 is 19.8 Å². The number of phosphoric acid groups is 1. The third kappa shape index (κ3) is 69.5. The van der Waals surface area contributed by atoms with Crippen molar-refractivity contribution in [3.63, 3.8) is 0 Å². The first-order valence-electron chi connectivity index (χ1n) is 35.3. The number of unbranched alkanes of at least 4 members (excludes halogenated alkanes) is 30. The third-order valence-corrected chi connectivity index (χ3v) is 16.0. The number of carbonyl (C=O) groups is 2. The molecular weight excluding hydrogens is 1090 g/mol. The van der Waals surface area contributed by atoms with Gasteiger partial charge in [0.15, 0.2) is 6.10 Å². The molecule has 0 spiro atoms. The van der Waals surface area contributed by atoms with E-state index in [2.05, 4.69) is 135 Å². The number of allylic oxidation sites excluding steroid dienone is 20. The van der Waals surface area contributed by atoms with Crippen LogP contribution in [0.5, 0.6) is 0 Å². The molecule has 0 saturated heterocycles. The molecule has 1 N–H and O–H groups in total. The summed E-state index contributed by atoms with van der Waals surface area (Å²) in [6.45, 7) is 4.32. The van der Waals surface area contributed by atoms with Gasteiger partial charge in [-0.15, -0.1) is 0 Å². The van der Waals surface area contributed by atoms with Crippen molar-refractivity contribution in [3.8, 4) is 0 Å². The predicted molar refractivity (Wildman–Crippen MR) is 371 cm³/mol. The minimum Gasteiger partial charge on any atom is -0.462 e. The summed E-state index contributed by atoms with van der Waals surface area (Å²) in [6.07, 6.45) is 94.4. The van der Waals surface area contributed by atoms with Crippen LogP contribution in [0.15, 0.2) is 122 Å². The molecule has 0 aromatic carbocycles. The topological polar surface area (TPSA) is 108 Å². The van der Waals surface area contributed by atoms with Crippen LogP contribution < -0.4 is 0 Å². The van der Waals surface area contributed by atoms with E-state index in [0.717, 1.165) is 103 Å². The first-order chi connectivity index (χ1) is 42.0. The molecule has 0 radical (unpaired) electrons. The molecule has 494 valence electrons. The highest BCUT2D eigenvalue weighted by atomic mass is 31.2. The van der Waals surface area contributed by atoms with E-state index in [1.165, 1.54) is 161 Å². The highest BCUT2D eigenvalue weighted by molar-refractivity contribution is 7.47. The largest absolute Gasteiger partial charge is 0.472 e. The lowest BCUT2D eigenvalue weighted by Crippen LogP contribution is -2.37. The van der Waals surface area contributed by atoms with Gasteiger partial charge in [0.2, 0.25) is 0 Å². The van der Waals surface area contributed by atoms with Gasteiger partial charge in [0.05, 0.1) is 27.7 Å². The van der Waals surface area contributed by atoms with Crippen LogP contribution in [-0.4, -0.2) is 74.9 Å². The number of hydrogen-bond acceptors (Lipinski definition) is 7. The van der Waals surface area contributed by atoms with Crippen LogP contribution in [0, 0.1) is 0 Å². The second kappa shape index (κ2) is 65.8. The van der Waals surface area contributed by atoms with E-state index in [1.807, 2.05) is 21.1 Å². The number of quaternary nitrogens is 1. The second-order valence-corrected chi connectivity index (χ2v) is 26.0. The molecular formula is C76H133NO8P+. The highest BCUT2D eigenvalue weighted by Gasteiger charge is 2.27. The molecule has 0 rings (SSSR count). The Balaban J connectivity index is 4.09. The Labute approximate surface area is 530 Å². The van der Waals surface area contributed by atoms with Crippen LogP contribution >= 0.6 is 7.82 Å². The summed E-state index contributed by atoms with van der Waals surface area (Å²) < 4.78 is 34.7. The van der Waals surface area contributed by atoms with E-state index in [1.54, 1.807) is 0 Å². The first-order valence-corrected chi connectivity index (χ1v) is 36.8. The molecule has 0 bridgehead atoms. The number of likely N-dealkylation sites (N-methyl/N-ethyl adjacent to an activating group) is 1. The summed E-state index contributed by atoms with van der Waals surface area (Å²) in [5.41, 5.74) is 0. The van der Waals surface area contributed by atoms with Crippen LogP contribution in [0.1, 0.15) is 296 Å². The van der Waals surface area contributed by atoms with Crippen molar-refractivity contribution < 1.29 is 42.1 Å². The maximum atomic E-state index is 12.9. The Hall–Kier alpha value is -3.59. The van der Waals surface area contributed by atoms with Crippen LogP contribution in [0.4, 0.5) is 0 Å². The number of hydrogen-bond donors (Lipinski definition) is 1. The molecule has 0 aromatic rings. The summed E-state index contributed by atoms with van der Waals surface area (Å²) in [4.78, 5) is 35.9. The molecule has 0 aliphatic heterocycles. The molecule has 0 amide bonds. The standard InChI is InChI=1S/C76H132NO8P/c1-6-8-10-12-14-16-18-20-22-24-26-28-30-32-34-36-38-40-42-44-46-48-50-52-54-56-58-60-62-64-66-68-75(78)82-72-74(73-84-86(80,81)83-71-70-77(3,4)5)85-76(79)69-67-65-63-61-59-57-55-53-51-49-47-45-43-41-39-37-35-33-31-29-27-25-23-21-19-17-15-13-11-9-7-2/h9,11,15,17-18,20-21,23-24,26-27,29-30,32-33,35,39,41,45,47,74H,6-8,10,12-14,16,19,22,25,28,31,34,36-38,40,42-44,46,48-73H2,1-5H3/p+1/b11-9-,17-15-,20-18-,23-21-,26-24-,29-27-,32-30-,35-33-,41-39-,47-45-. The molecule has 9 nitrogen and oxygen atoms in total. The maximum Gasteiger partial charge on any atom is 0.472 e. The van der Waals surface area contributed by atoms with Gasteiger partial charge in [-0.3, -0.25) is 18.6 Å². The van der Waals surface area contributed by atoms with Crippen LogP contribution in [0.2, 0.25) is 0 Å². The molecule has 0 heterocycles. The minimum absolute atomic E-state index is 0.0256. The quantitative estimate of drug-likeness (QED) is 0.0211. The zero-order chi connectivity index (χ0) is 62.6. The Morgan fingerprint density at radius 3 is 0.988 bits per heavy atom. The monoisotopic (exact) mass is 1220 g/mol. The Morgan fingerprint density at radius 1 is 0.372 bits per heavy atom. The van der Waals surface area contributed by atoms with Gasteiger partial charge < -0.3 is 18.9 Å². The zero-order valence-electron chi connectivity index (χ0n) is 56.3. The molecule has 10 heteroatoms. The van der Waals surface area contributed by atoms with Gasteiger partial charge in [0.25, 0.3) is 0 Å². The van der Waals surface area contributed by atoms with Gasteiger partial charge in [-0.2, -0.15) is 0 Å². The summed E-state index contributed by atoms with van der Waals surface area (Å²) in [5.74, 6) is -0.803. The number of nitrogens with zero attached hydrogens (tertiary/aromatic N) is 1. The Kier molecular flexibility index (Phi) is 63.1. The fourth-order valence-corrected chi connectivity index (χ4v) is 10.3. The Bertz CT molecular complexity index is 1870. The van der Waals surface area contributed by atoms with Crippen LogP contribution in [-0.2, 0) is 32.7 Å². The number of phosphoric ester groups is 1. The summed E-state index contributed by atoms with van der Waals surface area (Å²) in [6, 6.07) is 0.